The molecule has 7 nitrogen and oxygen atoms in total. The van der Waals surface area contributed by atoms with Crippen LogP contribution in [0.3, 0.4) is 0 Å². The van der Waals surface area contributed by atoms with E-state index in [9.17, 15) is 22.8 Å². The van der Waals surface area contributed by atoms with E-state index in [1.807, 2.05) is 6.08 Å². The maximum absolute atomic E-state index is 13.2. The largest absolute Gasteiger partial charge is 0.493 e. The topological polar surface area (TPSA) is 73.9 Å². The molecule has 1 N–H and O–H groups in total. The lowest BCUT2D eigenvalue weighted by atomic mass is 9.50. The maximum Gasteiger partial charge on any atom is 0.416 e. The van der Waals surface area contributed by atoms with Crippen LogP contribution in [-0.4, -0.2) is 61.3 Å². The van der Waals surface area contributed by atoms with Crippen LogP contribution < -0.4 is 19.5 Å². The summed E-state index contributed by atoms with van der Waals surface area (Å²) in [6.45, 7) is 12.8. The van der Waals surface area contributed by atoms with Crippen molar-refractivity contribution < 1.29 is 41.5 Å². The van der Waals surface area contributed by atoms with E-state index in [-0.39, 0.29) is 18.0 Å². The molecule has 244 valence electrons. The summed E-state index contributed by atoms with van der Waals surface area (Å²) in [4.78, 5) is 25.5. The minimum Gasteiger partial charge on any atom is -0.493 e. The van der Waals surface area contributed by atoms with Crippen LogP contribution in [0.25, 0.3) is 0 Å². The van der Waals surface area contributed by atoms with Crippen molar-refractivity contribution in [1.29, 1.82) is 0 Å². The Bertz CT molecular complexity index is 1630. The highest BCUT2D eigenvalue weighted by Gasteiger charge is 2.70. The first-order chi connectivity index (χ1) is 21.8. The monoisotopic (exact) mass is 637 g/mol. The molecule has 1 saturated heterocycles. The summed E-state index contributed by atoms with van der Waals surface area (Å²) < 4.78 is 58.2. The van der Waals surface area contributed by atoms with Crippen molar-refractivity contribution >= 4 is 11.9 Å². The normalized spacial score (nSPS) is 28.7. The molecular formula is C36H40F3N2O5+. The number of hydrogen-bond donors (Lipinski definition) is 1. The first kappa shape index (κ1) is 32.0. The smallest absolute Gasteiger partial charge is 0.416 e. The first-order valence-electron chi connectivity index (χ1n) is 15.9. The van der Waals surface area contributed by atoms with Gasteiger partial charge in [-0.1, -0.05) is 26.3 Å². The number of carbonyl (C=O) groups is 2. The number of halogens is 3. The fraction of sp³-hybridized carbons (Fsp3) is 0.500. The Labute approximate surface area is 267 Å². The van der Waals surface area contributed by atoms with E-state index in [2.05, 4.69) is 37.6 Å². The third kappa shape index (κ3) is 5.23. The predicted molar refractivity (Wildman–Crippen MR) is 165 cm³/mol. The number of benzene rings is 2. The van der Waals surface area contributed by atoms with E-state index >= 15 is 0 Å². The Morgan fingerprint density at radius 1 is 1.22 bits per heavy atom. The second kappa shape index (κ2) is 11.7. The fourth-order valence-corrected chi connectivity index (χ4v) is 9.07. The number of amides is 1. The van der Waals surface area contributed by atoms with Crippen LogP contribution in [0.1, 0.15) is 62.3 Å². The second-order valence-corrected chi connectivity index (χ2v) is 13.5. The molecule has 6 rings (SSSR count). The lowest BCUT2D eigenvalue weighted by molar-refractivity contribution is -0.960. The molecule has 2 fully saturated rings. The van der Waals surface area contributed by atoms with Crippen LogP contribution in [-0.2, 0) is 27.6 Å². The Balaban J connectivity index is 1.38. The van der Waals surface area contributed by atoms with Gasteiger partial charge < -0.3 is 24.0 Å². The number of hydrogen-bond acceptors (Lipinski definition) is 5. The zero-order valence-corrected chi connectivity index (χ0v) is 26.6. The molecule has 2 aliphatic carbocycles. The van der Waals surface area contributed by atoms with Crippen LogP contribution in [0.4, 0.5) is 13.2 Å². The number of nitrogens with zero attached hydrogens (tertiary/aromatic N) is 1. The zero-order valence-electron chi connectivity index (χ0n) is 26.6. The van der Waals surface area contributed by atoms with Gasteiger partial charge in [0.05, 0.1) is 49.8 Å². The Morgan fingerprint density at radius 2 is 1.96 bits per heavy atom. The summed E-state index contributed by atoms with van der Waals surface area (Å²) in [5.41, 5.74) is 1.11. The van der Waals surface area contributed by atoms with E-state index in [0.29, 0.717) is 35.2 Å². The highest BCUT2D eigenvalue weighted by Crippen LogP contribution is 2.66. The van der Waals surface area contributed by atoms with Gasteiger partial charge in [-0.15, -0.1) is 0 Å². The van der Waals surface area contributed by atoms with Crippen molar-refractivity contribution in [3.8, 4) is 29.1 Å². The van der Waals surface area contributed by atoms with Gasteiger partial charge in [0.1, 0.15) is 11.9 Å². The quantitative estimate of drug-likeness (QED) is 0.141. The summed E-state index contributed by atoms with van der Waals surface area (Å²) in [7, 11) is 1.56. The predicted octanol–water partition coefficient (Wildman–Crippen LogP) is 5.57. The van der Waals surface area contributed by atoms with Gasteiger partial charge in [-0.25, -0.2) is 0 Å². The van der Waals surface area contributed by atoms with Crippen LogP contribution in [0, 0.1) is 23.7 Å². The first-order valence-corrected chi connectivity index (χ1v) is 15.9. The number of nitrogens with one attached hydrogen (secondary N) is 1. The van der Waals surface area contributed by atoms with Crippen molar-refractivity contribution in [2.45, 2.75) is 76.2 Å². The molecule has 1 unspecified atom stereocenters. The van der Waals surface area contributed by atoms with Crippen molar-refractivity contribution in [1.82, 2.24) is 5.32 Å². The molecule has 2 aromatic rings. The molecule has 46 heavy (non-hydrogen) atoms. The van der Waals surface area contributed by atoms with Crippen molar-refractivity contribution in [2.75, 3.05) is 26.7 Å². The van der Waals surface area contributed by atoms with Gasteiger partial charge in [0.2, 0.25) is 0 Å². The van der Waals surface area contributed by atoms with Gasteiger partial charge in [0.25, 0.3) is 5.91 Å². The second-order valence-electron chi connectivity index (χ2n) is 13.5. The Morgan fingerprint density at radius 3 is 2.59 bits per heavy atom. The van der Waals surface area contributed by atoms with Crippen LogP contribution in [0.5, 0.6) is 17.2 Å². The van der Waals surface area contributed by atoms with E-state index in [0.717, 1.165) is 66.6 Å². The summed E-state index contributed by atoms with van der Waals surface area (Å²) in [5, 5.41) is 3.09. The van der Waals surface area contributed by atoms with Crippen LogP contribution in [0.15, 0.2) is 43.0 Å². The lowest BCUT2D eigenvalue weighted by Gasteiger charge is -2.63. The number of quaternary nitrogens is 1. The summed E-state index contributed by atoms with van der Waals surface area (Å²) in [5.74, 6) is 6.67. The molecule has 6 atom stereocenters. The number of piperidine rings is 1. The molecule has 0 aromatic heterocycles. The molecule has 1 spiro atoms. The molecule has 0 radical (unpaired) electrons. The third-order valence-corrected chi connectivity index (χ3v) is 10.4. The number of likely N-dealkylation sites (tertiary alicyclic amines) is 1. The highest BCUT2D eigenvalue weighted by molar-refractivity contribution is 5.94. The number of carbonyl (C=O) groups excluding carboxylic acids is 2. The fourth-order valence-electron chi connectivity index (χ4n) is 9.07. The van der Waals surface area contributed by atoms with Gasteiger partial charge in [0, 0.05) is 60.3 Å². The molecule has 2 heterocycles. The van der Waals surface area contributed by atoms with Crippen LogP contribution in [0.2, 0.25) is 0 Å². The number of alkyl halides is 3. The van der Waals surface area contributed by atoms with E-state index in [4.69, 9.17) is 14.2 Å². The van der Waals surface area contributed by atoms with Gasteiger partial charge in [0.15, 0.2) is 11.5 Å². The number of ether oxygens (including phenoxy) is 3. The minimum absolute atomic E-state index is 0.234. The summed E-state index contributed by atoms with van der Waals surface area (Å²) in [6.07, 6.45) is 0.259. The minimum atomic E-state index is -4.45. The zero-order chi connectivity index (χ0) is 33.0. The van der Waals surface area contributed by atoms with Gasteiger partial charge in [-0.05, 0) is 43.2 Å². The molecule has 2 aromatic carbocycles. The average Bonchev–Trinajstić information content (AvgIpc) is 3.34. The molecule has 1 amide bonds. The number of esters is 1. The van der Waals surface area contributed by atoms with E-state index in [1.54, 1.807) is 13.2 Å². The Kier molecular flexibility index (Phi) is 8.12. The summed E-state index contributed by atoms with van der Waals surface area (Å²) >= 11 is 0. The number of rotatable bonds is 7. The summed E-state index contributed by atoms with van der Waals surface area (Å²) in [6, 6.07) is 6.03. The van der Waals surface area contributed by atoms with Gasteiger partial charge in [-0.2, -0.15) is 13.2 Å². The Hall–Kier alpha value is -3.97. The molecular weight excluding hydrogens is 597 g/mol. The highest BCUT2D eigenvalue weighted by atomic mass is 19.4. The molecule has 1 saturated carbocycles. The standard InChI is InChI=1S/C36H39F3N2O5/c1-6-16-41(20-21(2)3)17-15-35-26-12-13-27(40-31(43)14-9-23-7-10-24(11-8-23)36(37,38)39)34(35)46-33-30(44-5)19-29(45-22(4)42)25(32(33)35)18-28(26)41/h6-8,10-11,19,21,26-28,34H,1,12-13,15-18,20H2,2-5H3/p+1/t26-,27-,28+,34-,35-,41?/m0/s1. The molecule has 4 aliphatic rings. The third-order valence-electron chi connectivity index (χ3n) is 10.4. The maximum atomic E-state index is 13.2. The average molecular weight is 638 g/mol. The molecule has 2 aliphatic heterocycles. The lowest BCUT2D eigenvalue weighted by Crippen LogP contribution is -2.74. The van der Waals surface area contributed by atoms with Crippen molar-refractivity contribution in [3.63, 3.8) is 0 Å². The SMILES string of the molecule is C=CC[N+]1(CC(C)C)CC[C@]23c4c5c(OC(C)=O)cc(OC)c4O[C@H]2[C@@H](NC(=O)C#Cc2ccc(C(F)(F)F)cc2)CC[C@H]3[C@H]1C5. The van der Waals surface area contributed by atoms with Gasteiger partial charge >= 0.3 is 12.1 Å². The number of methoxy groups -OCH3 is 1. The van der Waals surface area contributed by atoms with Gasteiger partial charge in [-0.3, -0.25) is 9.59 Å². The molecule has 2 bridgehead atoms. The van der Waals surface area contributed by atoms with Crippen LogP contribution >= 0.6 is 0 Å². The van der Waals surface area contributed by atoms with Crippen molar-refractivity contribution in [2.24, 2.45) is 11.8 Å². The van der Waals surface area contributed by atoms with E-state index < -0.39 is 35.1 Å². The molecule has 10 heteroatoms. The van der Waals surface area contributed by atoms with Crippen molar-refractivity contribution in [3.05, 3.63) is 65.2 Å². The van der Waals surface area contributed by atoms with E-state index in [1.165, 1.54) is 19.1 Å².